The summed E-state index contributed by atoms with van der Waals surface area (Å²) in [6.45, 7) is 2.61. The predicted molar refractivity (Wildman–Crippen MR) is 94.5 cm³/mol. The first-order chi connectivity index (χ1) is 12.2. The Morgan fingerprint density at radius 3 is 3.08 bits per heavy atom. The molecule has 25 heavy (non-hydrogen) atoms. The number of anilines is 1. The highest BCUT2D eigenvalue weighted by atomic mass is 32.1. The van der Waals surface area contributed by atoms with Crippen LogP contribution in [0, 0.1) is 0 Å². The maximum absolute atomic E-state index is 12.5. The number of rotatable bonds is 4. The lowest BCUT2D eigenvalue weighted by Crippen LogP contribution is -2.24. The Bertz CT molecular complexity index is 794. The molecule has 2 amide bonds. The van der Waals surface area contributed by atoms with E-state index in [2.05, 4.69) is 10.3 Å². The van der Waals surface area contributed by atoms with Crippen molar-refractivity contribution in [2.45, 2.75) is 32.4 Å². The number of nitrogens with zero attached hydrogens (tertiary/aromatic N) is 2. The fourth-order valence-corrected chi connectivity index (χ4v) is 4.09. The molecule has 1 N–H and O–H groups in total. The molecule has 1 saturated heterocycles. The number of hydrogen-bond donors (Lipinski definition) is 1. The smallest absolute Gasteiger partial charge is 0.257 e. The molecule has 0 atom stereocenters. The lowest BCUT2D eigenvalue weighted by Gasteiger charge is -2.15. The van der Waals surface area contributed by atoms with E-state index in [4.69, 9.17) is 4.74 Å². The fourth-order valence-electron chi connectivity index (χ4n) is 3.15. The van der Waals surface area contributed by atoms with Gasteiger partial charge < -0.3 is 9.64 Å². The lowest BCUT2D eigenvalue weighted by atomic mass is 10.1. The molecule has 4 rings (SSSR count). The average Bonchev–Trinajstić information content (AvgIpc) is 3.21. The van der Waals surface area contributed by atoms with E-state index in [1.54, 1.807) is 6.07 Å². The minimum Gasteiger partial charge on any atom is -0.375 e. The molecule has 1 fully saturated rings. The Morgan fingerprint density at radius 2 is 2.28 bits per heavy atom. The molecule has 2 aromatic rings. The zero-order valence-corrected chi connectivity index (χ0v) is 14.6. The SMILES string of the molecule is O=C(Nc1nc2c(s1)COCC2)c1cccc(CN2CCCC2=O)c1. The van der Waals surface area contributed by atoms with Gasteiger partial charge in [0.25, 0.3) is 5.91 Å². The molecule has 0 aliphatic carbocycles. The van der Waals surface area contributed by atoms with Gasteiger partial charge in [-0.05, 0) is 24.1 Å². The summed E-state index contributed by atoms with van der Waals surface area (Å²) in [6.07, 6.45) is 2.33. The summed E-state index contributed by atoms with van der Waals surface area (Å²) in [5, 5.41) is 3.49. The summed E-state index contributed by atoms with van der Waals surface area (Å²) in [7, 11) is 0. The summed E-state index contributed by atoms with van der Waals surface area (Å²) in [5.74, 6) is 0.00653. The third-order valence-corrected chi connectivity index (χ3v) is 5.44. The molecular formula is C18H19N3O3S. The van der Waals surface area contributed by atoms with Crippen LogP contribution in [0.5, 0.6) is 0 Å². The van der Waals surface area contributed by atoms with E-state index >= 15 is 0 Å². The number of likely N-dealkylation sites (tertiary alicyclic amines) is 1. The molecule has 0 saturated carbocycles. The highest BCUT2D eigenvalue weighted by Crippen LogP contribution is 2.27. The zero-order valence-electron chi connectivity index (χ0n) is 13.8. The van der Waals surface area contributed by atoms with Gasteiger partial charge in [0.05, 0.1) is 23.8 Å². The van der Waals surface area contributed by atoms with Crippen molar-refractivity contribution in [1.29, 1.82) is 0 Å². The molecule has 3 heterocycles. The van der Waals surface area contributed by atoms with Gasteiger partial charge in [-0.2, -0.15) is 0 Å². The van der Waals surface area contributed by atoms with Gasteiger partial charge in [-0.15, -0.1) is 0 Å². The van der Waals surface area contributed by atoms with Gasteiger partial charge in [-0.3, -0.25) is 14.9 Å². The van der Waals surface area contributed by atoms with Gasteiger partial charge in [0.2, 0.25) is 5.91 Å². The second-order valence-corrected chi connectivity index (χ2v) is 7.35. The summed E-state index contributed by atoms with van der Waals surface area (Å²) in [4.78, 5) is 31.7. The molecule has 0 bridgehead atoms. The Morgan fingerprint density at radius 1 is 1.36 bits per heavy atom. The molecule has 0 radical (unpaired) electrons. The van der Waals surface area contributed by atoms with Crippen LogP contribution in [-0.2, 0) is 29.1 Å². The number of aromatic nitrogens is 1. The minimum atomic E-state index is -0.179. The number of hydrogen-bond acceptors (Lipinski definition) is 5. The summed E-state index contributed by atoms with van der Waals surface area (Å²) < 4.78 is 5.41. The van der Waals surface area contributed by atoms with Crippen molar-refractivity contribution in [2.75, 3.05) is 18.5 Å². The predicted octanol–water partition coefficient (Wildman–Crippen LogP) is 2.59. The second kappa shape index (κ2) is 6.93. The monoisotopic (exact) mass is 357 g/mol. The van der Waals surface area contributed by atoms with Crippen molar-refractivity contribution in [3.05, 3.63) is 46.0 Å². The van der Waals surface area contributed by atoms with Gasteiger partial charge in [-0.25, -0.2) is 4.98 Å². The Balaban J connectivity index is 1.45. The van der Waals surface area contributed by atoms with E-state index in [9.17, 15) is 9.59 Å². The van der Waals surface area contributed by atoms with E-state index in [1.165, 1.54) is 11.3 Å². The number of thiazole rings is 1. The van der Waals surface area contributed by atoms with Crippen molar-refractivity contribution >= 4 is 28.3 Å². The van der Waals surface area contributed by atoms with E-state index in [-0.39, 0.29) is 11.8 Å². The molecule has 7 heteroatoms. The quantitative estimate of drug-likeness (QED) is 0.913. The van der Waals surface area contributed by atoms with Crippen LogP contribution < -0.4 is 5.32 Å². The largest absolute Gasteiger partial charge is 0.375 e. The van der Waals surface area contributed by atoms with Gasteiger partial charge in [-0.1, -0.05) is 23.5 Å². The number of carbonyl (C=O) groups excluding carboxylic acids is 2. The van der Waals surface area contributed by atoms with E-state index in [0.717, 1.165) is 35.5 Å². The topological polar surface area (TPSA) is 71.5 Å². The van der Waals surface area contributed by atoms with Crippen molar-refractivity contribution < 1.29 is 14.3 Å². The van der Waals surface area contributed by atoms with Gasteiger partial charge in [0.1, 0.15) is 0 Å². The van der Waals surface area contributed by atoms with Crippen LogP contribution in [-0.4, -0.2) is 34.8 Å². The first-order valence-electron chi connectivity index (χ1n) is 8.43. The molecule has 0 spiro atoms. The number of benzene rings is 1. The third kappa shape index (κ3) is 3.57. The van der Waals surface area contributed by atoms with E-state index in [1.807, 2.05) is 23.1 Å². The Hall–Kier alpha value is -2.25. The lowest BCUT2D eigenvalue weighted by molar-refractivity contribution is -0.128. The van der Waals surface area contributed by atoms with Crippen LogP contribution in [0.15, 0.2) is 24.3 Å². The normalized spacial score (nSPS) is 16.8. The van der Waals surface area contributed by atoms with Crippen LogP contribution >= 0.6 is 11.3 Å². The molecule has 0 unspecified atom stereocenters. The molecule has 1 aromatic heterocycles. The average molecular weight is 357 g/mol. The third-order valence-electron chi connectivity index (χ3n) is 4.45. The maximum Gasteiger partial charge on any atom is 0.257 e. The standard InChI is InChI=1S/C18H19N3O3S/c22-16-5-2-7-21(16)10-12-3-1-4-13(9-12)17(23)20-18-19-14-6-8-24-11-15(14)25-18/h1,3-4,9H,2,5-8,10-11H2,(H,19,20,23). The van der Waals surface area contributed by atoms with Crippen LogP contribution in [0.3, 0.4) is 0 Å². The first kappa shape index (κ1) is 16.2. The summed E-state index contributed by atoms with van der Waals surface area (Å²) >= 11 is 1.47. The van der Waals surface area contributed by atoms with E-state index in [0.29, 0.717) is 36.9 Å². The fraction of sp³-hybridized carbons (Fsp3) is 0.389. The van der Waals surface area contributed by atoms with Gasteiger partial charge in [0, 0.05) is 31.5 Å². The number of nitrogens with one attached hydrogen (secondary N) is 1. The highest BCUT2D eigenvalue weighted by molar-refractivity contribution is 7.15. The van der Waals surface area contributed by atoms with Crippen molar-refractivity contribution in [3.63, 3.8) is 0 Å². The van der Waals surface area contributed by atoms with Gasteiger partial charge >= 0.3 is 0 Å². The second-order valence-electron chi connectivity index (χ2n) is 6.26. The van der Waals surface area contributed by atoms with E-state index < -0.39 is 0 Å². The molecule has 6 nitrogen and oxygen atoms in total. The van der Waals surface area contributed by atoms with Crippen LogP contribution in [0.4, 0.5) is 5.13 Å². The van der Waals surface area contributed by atoms with Crippen molar-refractivity contribution in [2.24, 2.45) is 0 Å². The highest BCUT2D eigenvalue weighted by Gasteiger charge is 2.21. The molecule has 2 aliphatic heterocycles. The number of ether oxygens (including phenoxy) is 1. The van der Waals surface area contributed by atoms with Crippen molar-refractivity contribution in [1.82, 2.24) is 9.88 Å². The maximum atomic E-state index is 12.5. The minimum absolute atomic E-state index is 0.179. The van der Waals surface area contributed by atoms with Crippen LogP contribution in [0.2, 0.25) is 0 Å². The Kier molecular flexibility index (Phi) is 4.50. The molecular weight excluding hydrogens is 338 g/mol. The summed E-state index contributed by atoms with van der Waals surface area (Å²) in [6, 6.07) is 7.42. The molecule has 130 valence electrons. The Labute approximate surface area is 149 Å². The summed E-state index contributed by atoms with van der Waals surface area (Å²) in [5.41, 5.74) is 2.57. The first-order valence-corrected chi connectivity index (χ1v) is 9.25. The van der Waals surface area contributed by atoms with Crippen LogP contribution in [0.25, 0.3) is 0 Å². The van der Waals surface area contributed by atoms with Crippen LogP contribution in [0.1, 0.15) is 39.3 Å². The van der Waals surface area contributed by atoms with Crippen molar-refractivity contribution in [3.8, 4) is 0 Å². The van der Waals surface area contributed by atoms with Gasteiger partial charge in [0.15, 0.2) is 5.13 Å². The number of fused-ring (bicyclic) bond motifs is 1. The number of amides is 2. The molecule has 2 aliphatic rings. The zero-order chi connectivity index (χ0) is 17.2. The number of carbonyl (C=O) groups is 2. The molecule has 1 aromatic carbocycles.